The Morgan fingerprint density at radius 3 is 2.72 bits per heavy atom. The number of hydrogen-bond donors (Lipinski definition) is 1. The third-order valence-electron chi connectivity index (χ3n) is 6.74. The molecule has 1 aromatic heterocycles. The highest BCUT2D eigenvalue weighted by molar-refractivity contribution is 7.18. The number of thiazole rings is 1. The van der Waals surface area contributed by atoms with Crippen molar-refractivity contribution >= 4 is 17.3 Å². The molecule has 0 unspecified atom stereocenters. The molecule has 0 atom stereocenters. The third kappa shape index (κ3) is 5.95. The Morgan fingerprint density at radius 2 is 2.06 bits per heavy atom. The summed E-state index contributed by atoms with van der Waals surface area (Å²) in [4.78, 5) is 19.4. The molecule has 4 rings (SSSR count). The normalized spacial score (nSPS) is 14.6. The lowest BCUT2D eigenvalue weighted by Gasteiger charge is -2.30. The van der Waals surface area contributed by atoms with Crippen molar-refractivity contribution in [3.63, 3.8) is 0 Å². The van der Waals surface area contributed by atoms with Crippen molar-refractivity contribution in [1.29, 1.82) is 5.26 Å². The first-order valence-electron chi connectivity index (χ1n) is 12.6. The Morgan fingerprint density at radius 1 is 1.28 bits per heavy atom. The molecule has 36 heavy (non-hydrogen) atoms. The van der Waals surface area contributed by atoms with Crippen LogP contribution in [0.2, 0.25) is 0 Å². The van der Waals surface area contributed by atoms with E-state index in [0.29, 0.717) is 11.3 Å². The van der Waals surface area contributed by atoms with Gasteiger partial charge in [-0.15, -0.1) is 11.3 Å². The molecule has 3 aromatic rings. The number of piperidine rings is 1. The second-order valence-electron chi connectivity index (χ2n) is 9.52. The molecule has 1 N–H and O–H groups in total. The number of rotatable bonds is 9. The van der Waals surface area contributed by atoms with Gasteiger partial charge in [-0.1, -0.05) is 25.1 Å². The van der Waals surface area contributed by atoms with E-state index in [1.807, 2.05) is 38.2 Å². The van der Waals surface area contributed by atoms with Gasteiger partial charge in [0.15, 0.2) is 0 Å². The Hall–Kier alpha value is -3.21. The van der Waals surface area contributed by atoms with Gasteiger partial charge in [0.25, 0.3) is 0 Å². The molecular weight excluding hydrogens is 470 g/mol. The molecule has 0 amide bonds. The maximum absolute atomic E-state index is 11.2. The molecule has 0 spiro atoms. The minimum absolute atomic E-state index is 0.00530. The molecule has 0 aliphatic carbocycles. The number of nitriles is 1. The van der Waals surface area contributed by atoms with Crippen LogP contribution in [0.3, 0.4) is 0 Å². The van der Waals surface area contributed by atoms with Crippen molar-refractivity contribution in [1.82, 2.24) is 9.88 Å². The lowest BCUT2D eigenvalue weighted by molar-refractivity contribution is -0.143. The topological polar surface area (TPSA) is 86.5 Å². The average molecular weight is 504 g/mol. The number of likely N-dealkylation sites (tertiary alicyclic amines) is 1. The van der Waals surface area contributed by atoms with E-state index in [1.54, 1.807) is 11.3 Å². The maximum atomic E-state index is 11.2. The van der Waals surface area contributed by atoms with Gasteiger partial charge in [0.05, 0.1) is 22.5 Å². The molecule has 1 saturated heterocycles. The molecule has 6 nitrogen and oxygen atoms in total. The minimum atomic E-state index is -0.664. The molecular formula is C29H33N3O3S. The maximum Gasteiger partial charge on any atom is 0.306 e. The van der Waals surface area contributed by atoms with Gasteiger partial charge < -0.3 is 14.7 Å². The van der Waals surface area contributed by atoms with Gasteiger partial charge >= 0.3 is 5.97 Å². The molecule has 0 radical (unpaired) electrons. The summed E-state index contributed by atoms with van der Waals surface area (Å²) in [6.07, 6.45) is 5.28. The van der Waals surface area contributed by atoms with Gasteiger partial charge in [-0.2, -0.15) is 5.26 Å². The molecule has 2 aromatic carbocycles. The van der Waals surface area contributed by atoms with Crippen molar-refractivity contribution < 1.29 is 14.6 Å². The van der Waals surface area contributed by atoms with Crippen LogP contribution in [0, 0.1) is 17.2 Å². The molecule has 1 aliphatic heterocycles. The van der Waals surface area contributed by atoms with Crippen LogP contribution < -0.4 is 4.74 Å². The fourth-order valence-corrected chi connectivity index (χ4v) is 5.80. The molecule has 0 bridgehead atoms. The summed E-state index contributed by atoms with van der Waals surface area (Å²) in [5, 5.41) is 19.7. The summed E-state index contributed by atoms with van der Waals surface area (Å²) in [5.74, 6) is -0.260. The van der Waals surface area contributed by atoms with Crippen molar-refractivity contribution in [3.8, 4) is 32.8 Å². The summed E-state index contributed by atoms with van der Waals surface area (Å²) in [6.45, 7) is 8.73. The van der Waals surface area contributed by atoms with Crippen molar-refractivity contribution in [2.24, 2.45) is 5.92 Å². The van der Waals surface area contributed by atoms with Crippen LogP contribution in [-0.4, -0.2) is 46.7 Å². The quantitative estimate of drug-likeness (QED) is 0.383. The number of carbonyl (C=O) groups is 1. The fourth-order valence-electron chi connectivity index (χ4n) is 4.84. The average Bonchev–Trinajstić information content (AvgIpc) is 3.37. The molecule has 2 heterocycles. The zero-order valence-corrected chi connectivity index (χ0v) is 22.0. The Bertz CT molecular complexity index is 1250. The van der Waals surface area contributed by atoms with Crippen molar-refractivity contribution in [3.05, 3.63) is 59.3 Å². The third-order valence-corrected chi connectivity index (χ3v) is 7.82. The Kier molecular flexibility index (Phi) is 8.40. The molecule has 1 aliphatic rings. The largest absolute Gasteiger partial charge is 0.490 e. The van der Waals surface area contributed by atoms with Gasteiger partial charge in [-0.3, -0.25) is 4.79 Å². The zero-order chi connectivity index (χ0) is 25.7. The summed E-state index contributed by atoms with van der Waals surface area (Å²) in [6, 6.07) is 14.4. The highest BCUT2D eigenvalue weighted by Gasteiger charge is 2.24. The van der Waals surface area contributed by atoms with E-state index >= 15 is 0 Å². The van der Waals surface area contributed by atoms with E-state index in [4.69, 9.17) is 4.74 Å². The summed E-state index contributed by atoms with van der Waals surface area (Å²) < 4.78 is 5.76. The fraction of sp³-hybridized carbons (Fsp3) is 0.414. The molecule has 1 fully saturated rings. The van der Waals surface area contributed by atoms with Crippen LogP contribution in [0.15, 0.2) is 42.6 Å². The highest BCUT2D eigenvalue weighted by Crippen LogP contribution is 2.36. The second-order valence-corrected chi connectivity index (χ2v) is 10.6. The number of hydrogen-bond acceptors (Lipinski definition) is 6. The summed E-state index contributed by atoms with van der Waals surface area (Å²) in [5.41, 5.74) is 5.32. The van der Waals surface area contributed by atoms with E-state index in [0.717, 1.165) is 60.8 Å². The number of carboxylic acids is 1. The van der Waals surface area contributed by atoms with Crippen LogP contribution >= 0.6 is 11.3 Å². The van der Waals surface area contributed by atoms with Crippen molar-refractivity contribution in [2.45, 2.75) is 52.6 Å². The lowest BCUT2D eigenvalue weighted by Crippen LogP contribution is -2.37. The first-order chi connectivity index (χ1) is 17.4. The zero-order valence-electron chi connectivity index (χ0n) is 21.2. The number of benzene rings is 2. The van der Waals surface area contributed by atoms with E-state index in [-0.39, 0.29) is 12.0 Å². The van der Waals surface area contributed by atoms with Gasteiger partial charge in [-0.05, 0) is 87.5 Å². The van der Waals surface area contributed by atoms with Crippen LogP contribution in [0.4, 0.5) is 0 Å². The van der Waals surface area contributed by atoms with Crippen LogP contribution in [0.1, 0.15) is 50.3 Å². The Labute approximate surface area is 217 Å². The van der Waals surface area contributed by atoms with Crippen LogP contribution in [0.5, 0.6) is 5.75 Å². The predicted molar refractivity (Wildman–Crippen MR) is 143 cm³/mol. The Balaban J connectivity index is 1.51. The lowest BCUT2D eigenvalue weighted by atomic mass is 9.94. The minimum Gasteiger partial charge on any atom is -0.490 e. The standard InChI is InChI=1S/C29H33N3O3S/c1-4-24-20(10-13-32-14-11-21(12-15-32)29(33)34)6-5-7-25(24)27-18-31-28(36-27)22-8-9-26(35-19(2)3)23(16-22)17-30/h5-9,16,18-19,21H,4,10-15H2,1-3H3,(H,33,34). The van der Waals surface area contributed by atoms with E-state index in [2.05, 4.69) is 41.1 Å². The van der Waals surface area contributed by atoms with E-state index in [9.17, 15) is 15.2 Å². The van der Waals surface area contributed by atoms with Gasteiger partial charge in [-0.25, -0.2) is 4.98 Å². The van der Waals surface area contributed by atoms with Crippen molar-refractivity contribution in [2.75, 3.05) is 19.6 Å². The molecule has 0 saturated carbocycles. The van der Waals surface area contributed by atoms with Gasteiger partial charge in [0, 0.05) is 18.3 Å². The van der Waals surface area contributed by atoms with E-state index in [1.165, 1.54) is 16.7 Å². The smallest absolute Gasteiger partial charge is 0.306 e. The SMILES string of the molecule is CCc1c(CCN2CCC(C(=O)O)CC2)cccc1-c1cnc(-c2ccc(OC(C)C)c(C#N)c2)s1. The second kappa shape index (κ2) is 11.7. The monoisotopic (exact) mass is 503 g/mol. The van der Waals surface area contributed by atoms with Crippen LogP contribution in [-0.2, 0) is 17.6 Å². The number of aliphatic carboxylic acids is 1. The predicted octanol–water partition coefficient (Wildman–Crippen LogP) is 6.04. The first-order valence-corrected chi connectivity index (χ1v) is 13.4. The van der Waals surface area contributed by atoms with E-state index < -0.39 is 5.97 Å². The number of carboxylic acid groups (broad SMARTS) is 1. The first kappa shape index (κ1) is 25.9. The summed E-state index contributed by atoms with van der Waals surface area (Å²) >= 11 is 1.64. The molecule has 188 valence electrons. The van der Waals surface area contributed by atoms with Gasteiger partial charge in [0.1, 0.15) is 16.8 Å². The van der Waals surface area contributed by atoms with Gasteiger partial charge in [0.2, 0.25) is 0 Å². The molecule has 7 heteroatoms. The summed E-state index contributed by atoms with van der Waals surface area (Å²) in [7, 11) is 0. The number of nitrogens with zero attached hydrogens (tertiary/aromatic N) is 3. The number of aromatic nitrogens is 1. The van der Waals surface area contributed by atoms with Crippen LogP contribution in [0.25, 0.3) is 21.0 Å². The number of ether oxygens (including phenoxy) is 1. The highest BCUT2D eigenvalue weighted by atomic mass is 32.1.